The number of anilines is 1. The van der Waals surface area contributed by atoms with E-state index in [9.17, 15) is 4.79 Å². The minimum absolute atomic E-state index is 0.160. The third-order valence-corrected chi connectivity index (χ3v) is 2.74. The SMILES string of the molecule is Cc1ccc(NC(=O)C(C)Oc2ccccc2)cc1. The van der Waals surface area contributed by atoms with Crippen molar-refractivity contribution in [1.82, 2.24) is 0 Å². The molecule has 1 N–H and O–H groups in total. The Kier molecular flexibility index (Phi) is 4.18. The van der Waals surface area contributed by atoms with Crippen LogP contribution in [-0.4, -0.2) is 12.0 Å². The molecule has 1 atom stereocenters. The Hall–Kier alpha value is -2.29. The lowest BCUT2D eigenvalue weighted by atomic mass is 10.2. The smallest absolute Gasteiger partial charge is 0.265 e. The quantitative estimate of drug-likeness (QED) is 0.909. The second-order valence-corrected chi connectivity index (χ2v) is 4.43. The number of aryl methyl sites for hydroxylation is 1. The summed E-state index contributed by atoms with van der Waals surface area (Å²) in [5.74, 6) is 0.529. The van der Waals surface area contributed by atoms with Crippen molar-refractivity contribution in [2.45, 2.75) is 20.0 Å². The lowest BCUT2D eigenvalue weighted by Crippen LogP contribution is -2.30. The van der Waals surface area contributed by atoms with Gasteiger partial charge in [0.15, 0.2) is 6.10 Å². The number of carbonyl (C=O) groups is 1. The van der Waals surface area contributed by atoms with E-state index in [1.807, 2.05) is 61.5 Å². The Morgan fingerprint density at radius 3 is 2.32 bits per heavy atom. The van der Waals surface area contributed by atoms with Crippen LogP contribution in [0.2, 0.25) is 0 Å². The number of para-hydroxylation sites is 1. The molecule has 98 valence electrons. The van der Waals surface area contributed by atoms with Crippen LogP contribution >= 0.6 is 0 Å². The number of benzene rings is 2. The summed E-state index contributed by atoms with van der Waals surface area (Å²) in [5.41, 5.74) is 1.94. The van der Waals surface area contributed by atoms with Crippen LogP contribution in [0.4, 0.5) is 5.69 Å². The summed E-state index contributed by atoms with van der Waals surface area (Å²) in [6.45, 7) is 3.74. The summed E-state index contributed by atoms with van der Waals surface area (Å²) in [6.07, 6.45) is -0.538. The Bertz CT molecular complexity index is 534. The predicted octanol–water partition coefficient (Wildman–Crippen LogP) is 3.40. The monoisotopic (exact) mass is 255 g/mol. The van der Waals surface area contributed by atoms with E-state index in [2.05, 4.69) is 5.32 Å². The molecule has 2 rings (SSSR count). The second kappa shape index (κ2) is 6.05. The third-order valence-electron chi connectivity index (χ3n) is 2.74. The van der Waals surface area contributed by atoms with Gasteiger partial charge >= 0.3 is 0 Å². The highest BCUT2D eigenvalue weighted by atomic mass is 16.5. The van der Waals surface area contributed by atoms with Crippen LogP contribution in [0, 0.1) is 6.92 Å². The summed E-state index contributed by atoms with van der Waals surface area (Å²) in [7, 11) is 0. The Balaban J connectivity index is 1.94. The largest absolute Gasteiger partial charge is 0.481 e. The number of hydrogen-bond acceptors (Lipinski definition) is 2. The topological polar surface area (TPSA) is 38.3 Å². The minimum atomic E-state index is -0.538. The minimum Gasteiger partial charge on any atom is -0.481 e. The highest BCUT2D eigenvalue weighted by Gasteiger charge is 2.14. The van der Waals surface area contributed by atoms with Gasteiger partial charge in [-0.15, -0.1) is 0 Å². The van der Waals surface area contributed by atoms with E-state index < -0.39 is 6.10 Å². The Morgan fingerprint density at radius 2 is 1.68 bits per heavy atom. The second-order valence-electron chi connectivity index (χ2n) is 4.43. The van der Waals surface area contributed by atoms with Gasteiger partial charge in [-0.2, -0.15) is 0 Å². The maximum Gasteiger partial charge on any atom is 0.265 e. The molecule has 0 aliphatic rings. The number of nitrogens with one attached hydrogen (secondary N) is 1. The fraction of sp³-hybridized carbons (Fsp3) is 0.188. The van der Waals surface area contributed by atoms with E-state index in [0.717, 1.165) is 11.3 Å². The van der Waals surface area contributed by atoms with Gasteiger partial charge in [-0.05, 0) is 38.1 Å². The first-order valence-electron chi connectivity index (χ1n) is 6.24. The zero-order valence-corrected chi connectivity index (χ0v) is 11.1. The van der Waals surface area contributed by atoms with Crippen molar-refractivity contribution in [3.05, 3.63) is 60.2 Å². The van der Waals surface area contributed by atoms with Gasteiger partial charge in [0.05, 0.1) is 0 Å². The average Bonchev–Trinajstić information content (AvgIpc) is 2.42. The Morgan fingerprint density at radius 1 is 1.05 bits per heavy atom. The number of hydrogen-bond donors (Lipinski definition) is 1. The molecule has 3 heteroatoms. The van der Waals surface area contributed by atoms with Gasteiger partial charge in [0.2, 0.25) is 0 Å². The third kappa shape index (κ3) is 3.85. The van der Waals surface area contributed by atoms with Crippen LogP contribution in [-0.2, 0) is 4.79 Å². The zero-order chi connectivity index (χ0) is 13.7. The molecule has 19 heavy (non-hydrogen) atoms. The van der Waals surface area contributed by atoms with E-state index in [0.29, 0.717) is 5.75 Å². The van der Waals surface area contributed by atoms with Crippen LogP contribution in [0.1, 0.15) is 12.5 Å². The van der Waals surface area contributed by atoms with E-state index in [1.54, 1.807) is 6.92 Å². The molecule has 0 heterocycles. The molecule has 2 aromatic rings. The number of amides is 1. The van der Waals surface area contributed by atoms with Crippen LogP contribution in [0.15, 0.2) is 54.6 Å². The summed E-state index contributed by atoms with van der Waals surface area (Å²) < 4.78 is 5.56. The molecule has 1 amide bonds. The molecule has 2 aromatic carbocycles. The van der Waals surface area contributed by atoms with Gasteiger partial charge in [0.25, 0.3) is 5.91 Å². The summed E-state index contributed by atoms with van der Waals surface area (Å²) in [6, 6.07) is 17.0. The van der Waals surface area contributed by atoms with Crippen LogP contribution in [0.3, 0.4) is 0 Å². The maximum atomic E-state index is 12.0. The molecule has 0 saturated carbocycles. The first-order valence-corrected chi connectivity index (χ1v) is 6.24. The van der Waals surface area contributed by atoms with Gasteiger partial charge < -0.3 is 10.1 Å². The highest BCUT2D eigenvalue weighted by Crippen LogP contribution is 2.13. The zero-order valence-electron chi connectivity index (χ0n) is 11.1. The summed E-state index contributed by atoms with van der Waals surface area (Å²) in [4.78, 5) is 12.0. The van der Waals surface area contributed by atoms with Gasteiger partial charge in [0, 0.05) is 5.69 Å². The van der Waals surface area contributed by atoms with Crippen LogP contribution in [0.5, 0.6) is 5.75 Å². The Labute approximate surface area is 113 Å². The van der Waals surface area contributed by atoms with E-state index in [1.165, 1.54) is 0 Å². The van der Waals surface area contributed by atoms with Crippen molar-refractivity contribution in [1.29, 1.82) is 0 Å². The number of ether oxygens (including phenoxy) is 1. The molecule has 0 aromatic heterocycles. The lowest BCUT2D eigenvalue weighted by molar-refractivity contribution is -0.122. The van der Waals surface area contributed by atoms with Gasteiger partial charge in [0.1, 0.15) is 5.75 Å². The first-order chi connectivity index (χ1) is 9.15. The standard InChI is InChI=1S/C16H17NO2/c1-12-8-10-14(11-9-12)17-16(18)13(2)19-15-6-4-3-5-7-15/h3-11,13H,1-2H3,(H,17,18). The molecule has 0 saturated heterocycles. The number of carbonyl (C=O) groups excluding carboxylic acids is 1. The molecular weight excluding hydrogens is 238 g/mol. The predicted molar refractivity (Wildman–Crippen MR) is 76.3 cm³/mol. The molecule has 3 nitrogen and oxygen atoms in total. The van der Waals surface area contributed by atoms with Crippen molar-refractivity contribution in [2.24, 2.45) is 0 Å². The van der Waals surface area contributed by atoms with Crippen molar-refractivity contribution in [2.75, 3.05) is 5.32 Å². The molecule has 0 spiro atoms. The first kappa shape index (κ1) is 13.1. The molecular formula is C16H17NO2. The van der Waals surface area contributed by atoms with Gasteiger partial charge in [-0.1, -0.05) is 35.9 Å². The molecule has 1 unspecified atom stereocenters. The van der Waals surface area contributed by atoms with Crippen LogP contribution < -0.4 is 10.1 Å². The maximum absolute atomic E-state index is 12.0. The van der Waals surface area contributed by atoms with Crippen molar-refractivity contribution in [3.63, 3.8) is 0 Å². The summed E-state index contributed by atoms with van der Waals surface area (Å²) >= 11 is 0. The number of rotatable bonds is 4. The van der Waals surface area contributed by atoms with Crippen molar-refractivity contribution >= 4 is 11.6 Å². The fourth-order valence-corrected chi connectivity index (χ4v) is 1.64. The van der Waals surface area contributed by atoms with Crippen LogP contribution in [0.25, 0.3) is 0 Å². The summed E-state index contributed by atoms with van der Waals surface area (Å²) in [5, 5.41) is 2.83. The normalized spacial score (nSPS) is 11.7. The average molecular weight is 255 g/mol. The van der Waals surface area contributed by atoms with E-state index in [-0.39, 0.29) is 5.91 Å². The van der Waals surface area contributed by atoms with E-state index >= 15 is 0 Å². The fourth-order valence-electron chi connectivity index (χ4n) is 1.64. The van der Waals surface area contributed by atoms with Crippen molar-refractivity contribution < 1.29 is 9.53 Å². The molecule has 0 aliphatic heterocycles. The van der Waals surface area contributed by atoms with Gasteiger partial charge in [-0.3, -0.25) is 4.79 Å². The molecule has 0 aliphatic carbocycles. The molecule has 0 fully saturated rings. The highest BCUT2D eigenvalue weighted by molar-refractivity contribution is 5.94. The molecule has 0 radical (unpaired) electrons. The lowest BCUT2D eigenvalue weighted by Gasteiger charge is -2.14. The van der Waals surface area contributed by atoms with E-state index in [4.69, 9.17) is 4.74 Å². The van der Waals surface area contributed by atoms with Gasteiger partial charge in [-0.25, -0.2) is 0 Å². The molecule has 0 bridgehead atoms. The van der Waals surface area contributed by atoms with Crippen molar-refractivity contribution in [3.8, 4) is 5.75 Å².